The molecule has 1 atom stereocenters. The van der Waals surface area contributed by atoms with Crippen LogP contribution in [0.1, 0.15) is 37.9 Å². The molecule has 0 bridgehead atoms. The molecular weight excluding hydrogens is 336 g/mol. The van der Waals surface area contributed by atoms with Crippen LogP contribution in [0.5, 0.6) is 0 Å². The first kappa shape index (κ1) is 19.2. The maximum absolute atomic E-state index is 12.8. The molecule has 2 heterocycles. The van der Waals surface area contributed by atoms with Crippen molar-refractivity contribution in [3.63, 3.8) is 0 Å². The van der Waals surface area contributed by atoms with Crippen LogP contribution >= 0.6 is 0 Å². The van der Waals surface area contributed by atoms with Gasteiger partial charge in [-0.1, -0.05) is 51.1 Å². The number of carbonyl (C=O) groups excluding carboxylic acids is 1. The van der Waals surface area contributed by atoms with Crippen LogP contribution in [-0.4, -0.2) is 42.1 Å². The molecule has 1 N–H and O–H groups in total. The van der Waals surface area contributed by atoms with Gasteiger partial charge in [0.2, 0.25) is 0 Å². The fourth-order valence-corrected chi connectivity index (χ4v) is 3.50. The van der Waals surface area contributed by atoms with Gasteiger partial charge in [0, 0.05) is 32.4 Å². The second kappa shape index (κ2) is 8.89. The van der Waals surface area contributed by atoms with Crippen LogP contribution in [0.2, 0.25) is 0 Å². The first-order valence-corrected chi connectivity index (χ1v) is 9.88. The highest BCUT2D eigenvalue weighted by molar-refractivity contribution is 5.75. The molecule has 144 valence electrons. The van der Waals surface area contributed by atoms with Gasteiger partial charge in [-0.2, -0.15) is 0 Å². The molecule has 2 aromatic rings. The Bertz CT molecular complexity index is 722. The molecule has 1 aliphatic rings. The minimum Gasteiger partial charge on any atom is -0.353 e. The zero-order valence-electron chi connectivity index (χ0n) is 16.6. The number of nitrogens with one attached hydrogen (secondary N) is 1. The van der Waals surface area contributed by atoms with Crippen molar-refractivity contribution in [2.75, 3.05) is 31.1 Å². The van der Waals surface area contributed by atoms with Crippen molar-refractivity contribution in [2.24, 2.45) is 5.92 Å². The van der Waals surface area contributed by atoms with Crippen molar-refractivity contribution in [3.8, 4) is 0 Å². The average Bonchev–Trinajstić information content (AvgIpc) is 2.72. The summed E-state index contributed by atoms with van der Waals surface area (Å²) in [5.74, 6) is 1.31. The predicted octanol–water partition coefficient (Wildman–Crippen LogP) is 3.87. The number of pyridine rings is 1. The summed E-state index contributed by atoms with van der Waals surface area (Å²) in [6.45, 7) is 9.49. The Kier molecular flexibility index (Phi) is 6.32. The lowest BCUT2D eigenvalue weighted by atomic mass is 9.95. The summed E-state index contributed by atoms with van der Waals surface area (Å²) in [7, 11) is 0. The van der Waals surface area contributed by atoms with Crippen molar-refractivity contribution in [1.82, 2.24) is 15.2 Å². The molecule has 5 heteroatoms. The van der Waals surface area contributed by atoms with Crippen molar-refractivity contribution in [2.45, 2.75) is 33.2 Å². The van der Waals surface area contributed by atoms with E-state index in [-0.39, 0.29) is 12.1 Å². The van der Waals surface area contributed by atoms with E-state index in [4.69, 9.17) is 0 Å². The molecule has 0 saturated carbocycles. The summed E-state index contributed by atoms with van der Waals surface area (Å²) in [6.07, 6.45) is 2.84. The second-order valence-corrected chi connectivity index (χ2v) is 7.43. The highest BCUT2D eigenvalue weighted by Crippen LogP contribution is 2.23. The van der Waals surface area contributed by atoms with Gasteiger partial charge in [-0.3, -0.25) is 0 Å². The molecule has 1 aromatic carbocycles. The lowest BCUT2D eigenvalue weighted by Crippen LogP contribution is -2.52. The second-order valence-electron chi connectivity index (χ2n) is 7.43. The number of aromatic nitrogens is 1. The van der Waals surface area contributed by atoms with Gasteiger partial charge in [-0.15, -0.1) is 0 Å². The number of nitrogens with zero attached hydrogens (tertiary/aromatic N) is 3. The normalized spacial score (nSPS) is 15.7. The minimum atomic E-state index is 0.0222. The lowest BCUT2D eigenvalue weighted by Gasteiger charge is -2.36. The quantitative estimate of drug-likeness (QED) is 0.874. The maximum atomic E-state index is 12.8. The van der Waals surface area contributed by atoms with E-state index in [0.29, 0.717) is 19.0 Å². The van der Waals surface area contributed by atoms with E-state index < -0.39 is 0 Å². The summed E-state index contributed by atoms with van der Waals surface area (Å²) in [5, 5.41) is 3.25. The topological polar surface area (TPSA) is 48.5 Å². The number of aryl methyl sites for hydroxylation is 1. The van der Waals surface area contributed by atoms with Gasteiger partial charge in [-0.25, -0.2) is 9.78 Å². The van der Waals surface area contributed by atoms with Crippen LogP contribution < -0.4 is 10.2 Å². The Morgan fingerprint density at radius 3 is 2.33 bits per heavy atom. The first-order chi connectivity index (χ1) is 13.1. The molecule has 1 unspecified atom stereocenters. The highest BCUT2D eigenvalue weighted by Gasteiger charge is 2.25. The summed E-state index contributed by atoms with van der Waals surface area (Å²) < 4.78 is 0. The first-order valence-electron chi connectivity index (χ1n) is 9.88. The molecule has 1 saturated heterocycles. The molecule has 3 rings (SSSR count). The molecular formula is C22H30N4O. The van der Waals surface area contributed by atoms with Crippen LogP contribution in [0, 0.1) is 5.92 Å². The summed E-state index contributed by atoms with van der Waals surface area (Å²) in [4.78, 5) is 21.4. The van der Waals surface area contributed by atoms with E-state index in [1.54, 1.807) is 0 Å². The summed E-state index contributed by atoms with van der Waals surface area (Å²) in [5.41, 5.74) is 2.49. The van der Waals surface area contributed by atoms with Crippen molar-refractivity contribution in [1.29, 1.82) is 0 Å². The number of urea groups is 1. The fraction of sp³-hybridized carbons (Fsp3) is 0.455. The molecule has 5 nitrogen and oxygen atoms in total. The third-order valence-electron chi connectivity index (χ3n) is 5.23. The van der Waals surface area contributed by atoms with Gasteiger partial charge in [0.15, 0.2) is 0 Å². The Labute approximate surface area is 162 Å². The molecule has 27 heavy (non-hydrogen) atoms. The van der Waals surface area contributed by atoms with Crippen LogP contribution in [0.3, 0.4) is 0 Å². The van der Waals surface area contributed by atoms with E-state index in [9.17, 15) is 4.79 Å². The number of carbonyl (C=O) groups is 1. The predicted molar refractivity (Wildman–Crippen MR) is 110 cm³/mol. The van der Waals surface area contributed by atoms with Crippen LogP contribution in [-0.2, 0) is 6.42 Å². The van der Waals surface area contributed by atoms with E-state index in [2.05, 4.69) is 60.2 Å². The van der Waals surface area contributed by atoms with Gasteiger partial charge in [0.1, 0.15) is 5.82 Å². The van der Waals surface area contributed by atoms with E-state index in [0.717, 1.165) is 25.3 Å². The molecule has 2 amide bonds. The third-order valence-corrected chi connectivity index (χ3v) is 5.23. The fourth-order valence-electron chi connectivity index (χ4n) is 3.50. The summed E-state index contributed by atoms with van der Waals surface area (Å²) in [6, 6.07) is 14.6. The number of anilines is 1. The van der Waals surface area contributed by atoms with E-state index in [1.165, 1.54) is 11.1 Å². The van der Waals surface area contributed by atoms with Gasteiger partial charge in [0.25, 0.3) is 0 Å². The minimum absolute atomic E-state index is 0.0222. The Balaban J connectivity index is 1.59. The Hall–Kier alpha value is -2.56. The molecule has 0 spiro atoms. The maximum Gasteiger partial charge on any atom is 0.318 e. The van der Waals surface area contributed by atoms with Crippen molar-refractivity contribution >= 4 is 11.8 Å². The van der Waals surface area contributed by atoms with Crippen LogP contribution in [0.15, 0.2) is 48.7 Å². The SMILES string of the molecule is CCc1ccc(C(NC(=O)N2CCN(c3ccccn3)CC2)C(C)C)cc1. The van der Waals surface area contributed by atoms with Crippen molar-refractivity contribution in [3.05, 3.63) is 59.8 Å². The lowest BCUT2D eigenvalue weighted by molar-refractivity contribution is 0.186. The standard InChI is InChI=1S/C22H30N4O/c1-4-18-8-10-19(11-9-18)21(17(2)3)24-22(27)26-15-13-25(14-16-26)20-7-5-6-12-23-20/h5-12,17,21H,4,13-16H2,1-3H3,(H,24,27). The largest absolute Gasteiger partial charge is 0.353 e. The summed E-state index contributed by atoms with van der Waals surface area (Å²) >= 11 is 0. The third kappa shape index (κ3) is 4.79. The van der Waals surface area contributed by atoms with Crippen LogP contribution in [0.25, 0.3) is 0 Å². The highest BCUT2D eigenvalue weighted by atomic mass is 16.2. The average molecular weight is 367 g/mol. The Morgan fingerprint density at radius 1 is 1.07 bits per heavy atom. The van der Waals surface area contributed by atoms with Gasteiger partial charge >= 0.3 is 6.03 Å². The number of piperazine rings is 1. The molecule has 0 radical (unpaired) electrons. The molecule has 0 aliphatic carbocycles. The van der Waals surface area contributed by atoms with Crippen LogP contribution in [0.4, 0.5) is 10.6 Å². The Morgan fingerprint density at radius 2 is 1.78 bits per heavy atom. The number of hydrogen-bond donors (Lipinski definition) is 1. The van der Waals surface area contributed by atoms with Gasteiger partial charge in [-0.05, 0) is 35.6 Å². The monoisotopic (exact) mass is 366 g/mol. The molecule has 1 aliphatic heterocycles. The zero-order chi connectivity index (χ0) is 19.2. The number of benzene rings is 1. The van der Waals surface area contributed by atoms with E-state index >= 15 is 0 Å². The zero-order valence-corrected chi connectivity index (χ0v) is 16.6. The van der Waals surface area contributed by atoms with E-state index in [1.807, 2.05) is 29.3 Å². The molecule has 1 aromatic heterocycles. The van der Waals surface area contributed by atoms with Gasteiger partial charge < -0.3 is 15.1 Å². The van der Waals surface area contributed by atoms with Crippen molar-refractivity contribution < 1.29 is 4.79 Å². The number of rotatable bonds is 5. The number of hydrogen-bond acceptors (Lipinski definition) is 3. The molecule has 1 fully saturated rings. The smallest absolute Gasteiger partial charge is 0.318 e. The number of amides is 2. The van der Waals surface area contributed by atoms with Gasteiger partial charge in [0.05, 0.1) is 6.04 Å².